The summed E-state index contributed by atoms with van der Waals surface area (Å²) in [6.07, 6.45) is 2.19. The van der Waals surface area contributed by atoms with E-state index in [1.54, 1.807) is 0 Å². The highest BCUT2D eigenvalue weighted by Gasteiger charge is 2.07. The first-order valence-electron chi connectivity index (χ1n) is 3.72. The maximum Gasteiger partial charge on any atom is 0.388 e. The Kier molecular flexibility index (Phi) is 3.59. The summed E-state index contributed by atoms with van der Waals surface area (Å²) >= 11 is 3.25. The minimum absolute atomic E-state index is 0.0462. The van der Waals surface area contributed by atoms with Gasteiger partial charge in [0.2, 0.25) is 5.88 Å². The lowest BCUT2D eigenvalue weighted by atomic mass is 10.2. The number of alkyl halides is 2. The predicted octanol–water partition coefficient (Wildman–Crippen LogP) is 3.01. The quantitative estimate of drug-likeness (QED) is 0.824. The Hall–Kier alpha value is -0.710. The zero-order chi connectivity index (χ0) is 9.84. The fourth-order valence-electron chi connectivity index (χ4n) is 0.885. The first-order valence-corrected chi connectivity index (χ1v) is 4.52. The number of ether oxygens (including phenoxy) is 1. The van der Waals surface area contributed by atoms with E-state index in [1.807, 2.05) is 6.92 Å². The Bertz CT molecular complexity index is 293. The van der Waals surface area contributed by atoms with Gasteiger partial charge in [-0.15, -0.1) is 0 Å². The zero-order valence-electron chi connectivity index (χ0n) is 6.93. The van der Waals surface area contributed by atoms with Crippen LogP contribution in [0.2, 0.25) is 0 Å². The second-order valence-electron chi connectivity index (χ2n) is 2.35. The molecule has 0 saturated heterocycles. The van der Waals surface area contributed by atoms with Gasteiger partial charge >= 0.3 is 6.61 Å². The maximum absolute atomic E-state index is 11.8. The molecule has 5 heteroatoms. The van der Waals surface area contributed by atoms with Crippen LogP contribution in [0, 0.1) is 0 Å². The minimum Gasteiger partial charge on any atom is -0.417 e. The fraction of sp³-hybridized carbons (Fsp3) is 0.375. The van der Waals surface area contributed by atoms with Gasteiger partial charge in [0.1, 0.15) is 0 Å². The third kappa shape index (κ3) is 2.91. The first-order chi connectivity index (χ1) is 6.13. The summed E-state index contributed by atoms with van der Waals surface area (Å²) in [5, 5.41) is 0. The molecule has 0 aliphatic heterocycles. The molecule has 0 N–H and O–H groups in total. The zero-order valence-corrected chi connectivity index (χ0v) is 8.51. The van der Waals surface area contributed by atoms with Crippen LogP contribution in [0.3, 0.4) is 0 Å². The third-order valence-electron chi connectivity index (χ3n) is 1.50. The van der Waals surface area contributed by atoms with Gasteiger partial charge in [0.05, 0.1) is 0 Å². The summed E-state index contributed by atoms with van der Waals surface area (Å²) in [7, 11) is 0. The van der Waals surface area contributed by atoms with Crippen molar-refractivity contribution in [2.24, 2.45) is 0 Å². The Morgan fingerprint density at radius 3 is 2.85 bits per heavy atom. The Morgan fingerprint density at radius 1 is 1.62 bits per heavy atom. The highest BCUT2D eigenvalue weighted by molar-refractivity contribution is 9.10. The number of rotatable bonds is 3. The smallest absolute Gasteiger partial charge is 0.388 e. The van der Waals surface area contributed by atoms with Crippen molar-refractivity contribution in [3.05, 3.63) is 22.3 Å². The average molecular weight is 252 g/mol. The van der Waals surface area contributed by atoms with Crippen molar-refractivity contribution < 1.29 is 13.5 Å². The molecule has 13 heavy (non-hydrogen) atoms. The molecule has 0 spiro atoms. The number of aryl methyl sites for hydroxylation is 1. The molecule has 2 nitrogen and oxygen atoms in total. The van der Waals surface area contributed by atoms with E-state index in [0.717, 1.165) is 16.5 Å². The lowest BCUT2D eigenvalue weighted by Crippen LogP contribution is -2.04. The summed E-state index contributed by atoms with van der Waals surface area (Å²) in [5.41, 5.74) is 0.894. The molecule has 0 bridgehead atoms. The molecule has 1 aromatic heterocycles. The van der Waals surface area contributed by atoms with Crippen LogP contribution in [0.15, 0.2) is 16.7 Å². The molecule has 0 saturated carbocycles. The molecule has 72 valence electrons. The molecular weight excluding hydrogens is 244 g/mol. The van der Waals surface area contributed by atoms with Crippen molar-refractivity contribution in [1.82, 2.24) is 4.98 Å². The van der Waals surface area contributed by atoms with Gasteiger partial charge < -0.3 is 4.74 Å². The van der Waals surface area contributed by atoms with Gasteiger partial charge in [0, 0.05) is 16.7 Å². The van der Waals surface area contributed by atoms with E-state index in [-0.39, 0.29) is 5.88 Å². The van der Waals surface area contributed by atoms with E-state index in [4.69, 9.17) is 0 Å². The van der Waals surface area contributed by atoms with Crippen LogP contribution in [-0.2, 0) is 6.42 Å². The van der Waals surface area contributed by atoms with Crippen LogP contribution in [-0.4, -0.2) is 11.6 Å². The van der Waals surface area contributed by atoms with Crippen LogP contribution in [0.5, 0.6) is 5.88 Å². The van der Waals surface area contributed by atoms with Crippen LogP contribution in [0.1, 0.15) is 12.5 Å². The van der Waals surface area contributed by atoms with Gasteiger partial charge in [-0.1, -0.05) is 6.92 Å². The van der Waals surface area contributed by atoms with Gasteiger partial charge in [0.15, 0.2) is 0 Å². The molecule has 0 amide bonds. The number of nitrogens with zero attached hydrogens (tertiary/aromatic N) is 1. The molecular formula is C8H8BrF2NO. The van der Waals surface area contributed by atoms with E-state index in [2.05, 4.69) is 25.7 Å². The van der Waals surface area contributed by atoms with E-state index >= 15 is 0 Å². The molecule has 0 atom stereocenters. The SMILES string of the molecule is CCc1cc(OC(F)F)ncc1Br. The maximum atomic E-state index is 11.8. The minimum atomic E-state index is -2.82. The van der Waals surface area contributed by atoms with Crippen molar-refractivity contribution in [1.29, 1.82) is 0 Å². The monoisotopic (exact) mass is 251 g/mol. The van der Waals surface area contributed by atoms with Crippen molar-refractivity contribution in [3.63, 3.8) is 0 Å². The van der Waals surface area contributed by atoms with E-state index in [0.29, 0.717) is 0 Å². The highest BCUT2D eigenvalue weighted by Crippen LogP contribution is 2.21. The molecule has 1 aromatic rings. The highest BCUT2D eigenvalue weighted by atomic mass is 79.9. The first kappa shape index (κ1) is 10.4. The largest absolute Gasteiger partial charge is 0.417 e. The lowest BCUT2D eigenvalue weighted by Gasteiger charge is -2.05. The second kappa shape index (κ2) is 4.50. The second-order valence-corrected chi connectivity index (χ2v) is 3.20. The van der Waals surface area contributed by atoms with Crippen LogP contribution in [0.25, 0.3) is 0 Å². The normalized spacial score (nSPS) is 10.5. The van der Waals surface area contributed by atoms with E-state index in [1.165, 1.54) is 12.3 Å². The van der Waals surface area contributed by atoms with Gasteiger partial charge in [-0.25, -0.2) is 4.98 Å². The molecule has 0 unspecified atom stereocenters. The summed E-state index contributed by atoms with van der Waals surface area (Å²) in [6, 6.07) is 1.50. The number of aromatic nitrogens is 1. The van der Waals surface area contributed by atoms with Crippen molar-refractivity contribution in [3.8, 4) is 5.88 Å². The Balaban J connectivity index is 2.86. The fourth-order valence-corrected chi connectivity index (χ4v) is 1.38. The molecule has 0 aliphatic rings. The van der Waals surface area contributed by atoms with Crippen LogP contribution < -0.4 is 4.74 Å². The summed E-state index contributed by atoms with van der Waals surface area (Å²) in [5.74, 6) is -0.0462. The van der Waals surface area contributed by atoms with E-state index < -0.39 is 6.61 Å². The van der Waals surface area contributed by atoms with Gasteiger partial charge in [-0.3, -0.25) is 0 Å². The number of pyridine rings is 1. The van der Waals surface area contributed by atoms with Crippen molar-refractivity contribution in [2.75, 3.05) is 0 Å². The topological polar surface area (TPSA) is 22.1 Å². The third-order valence-corrected chi connectivity index (χ3v) is 2.21. The Labute approximate surface area is 83.1 Å². The predicted molar refractivity (Wildman–Crippen MR) is 47.9 cm³/mol. The van der Waals surface area contributed by atoms with Crippen molar-refractivity contribution in [2.45, 2.75) is 20.0 Å². The molecule has 1 heterocycles. The number of hydrogen-bond acceptors (Lipinski definition) is 2. The molecule has 0 aliphatic carbocycles. The molecule has 0 fully saturated rings. The standard InChI is InChI=1S/C8H8BrF2NO/c1-2-5-3-7(13-8(10)11)12-4-6(5)9/h3-4,8H,2H2,1H3. The van der Waals surface area contributed by atoms with Crippen LogP contribution in [0.4, 0.5) is 8.78 Å². The molecule has 1 rings (SSSR count). The average Bonchev–Trinajstić information content (AvgIpc) is 2.07. The van der Waals surface area contributed by atoms with Crippen molar-refractivity contribution >= 4 is 15.9 Å². The number of hydrogen-bond donors (Lipinski definition) is 0. The molecule has 0 aromatic carbocycles. The summed E-state index contributed by atoms with van der Waals surface area (Å²) in [6.45, 7) is -0.898. The van der Waals surface area contributed by atoms with E-state index in [9.17, 15) is 8.78 Å². The van der Waals surface area contributed by atoms with Gasteiger partial charge in [-0.05, 0) is 27.9 Å². The summed E-state index contributed by atoms with van der Waals surface area (Å²) in [4.78, 5) is 3.68. The Morgan fingerprint density at radius 2 is 2.31 bits per heavy atom. The lowest BCUT2D eigenvalue weighted by molar-refractivity contribution is -0.0529. The van der Waals surface area contributed by atoms with Gasteiger partial charge in [-0.2, -0.15) is 8.78 Å². The van der Waals surface area contributed by atoms with Gasteiger partial charge in [0.25, 0.3) is 0 Å². The number of halogens is 3. The van der Waals surface area contributed by atoms with Crippen LogP contribution >= 0.6 is 15.9 Å². The molecule has 0 radical (unpaired) electrons. The summed E-state index contributed by atoms with van der Waals surface area (Å²) < 4.78 is 28.5.